The lowest BCUT2D eigenvalue weighted by atomic mass is 10.0. The average Bonchev–Trinajstić information content (AvgIpc) is 2.70. The molecule has 0 aliphatic heterocycles. The summed E-state index contributed by atoms with van der Waals surface area (Å²) in [5.74, 6) is 0. The van der Waals surface area contributed by atoms with E-state index in [9.17, 15) is 0 Å². The largest absolute Gasteiger partial charge is 0.472 e. The fourth-order valence-corrected chi connectivity index (χ4v) is 1.82. The molecule has 2 heteroatoms. The molecule has 0 saturated carbocycles. The molecule has 2 N–H and O–H groups in total. The van der Waals surface area contributed by atoms with Crippen LogP contribution >= 0.6 is 0 Å². The van der Waals surface area contributed by atoms with Crippen LogP contribution in [-0.2, 0) is 6.42 Å². The molecule has 0 aliphatic rings. The van der Waals surface area contributed by atoms with Gasteiger partial charge in [0, 0.05) is 6.04 Å². The summed E-state index contributed by atoms with van der Waals surface area (Å²) in [7, 11) is 0. The topological polar surface area (TPSA) is 39.2 Å². The SMILES string of the molecule is CCCCCCCC(N)Cc1ccoc1. The van der Waals surface area contributed by atoms with E-state index < -0.39 is 0 Å². The third kappa shape index (κ3) is 5.63. The lowest BCUT2D eigenvalue weighted by Gasteiger charge is -2.09. The van der Waals surface area contributed by atoms with Gasteiger partial charge in [-0.05, 0) is 24.5 Å². The Bertz CT molecular complexity index is 231. The summed E-state index contributed by atoms with van der Waals surface area (Å²) in [6, 6.07) is 2.29. The molecule has 0 radical (unpaired) electrons. The van der Waals surface area contributed by atoms with Crippen molar-refractivity contribution in [2.45, 2.75) is 57.9 Å². The molecule has 1 unspecified atom stereocenters. The predicted molar refractivity (Wildman–Crippen MR) is 63.8 cm³/mol. The van der Waals surface area contributed by atoms with Crippen molar-refractivity contribution in [3.05, 3.63) is 24.2 Å². The smallest absolute Gasteiger partial charge is 0.0935 e. The van der Waals surface area contributed by atoms with Crippen molar-refractivity contribution in [2.75, 3.05) is 0 Å². The monoisotopic (exact) mass is 209 g/mol. The highest BCUT2D eigenvalue weighted by Gasteiger charge is 2.04. The van der Waals surface area contributed by atoms with E-state index in [1.165, 1.54) is 37.7 Å². The maximum atomic E-state index is 6.04. The molecule has 1 rings (SSSR count). The first-order valence-electron chi connectivity index (χ1n) is 6.09. The quantitative estimate of drug-likeness (QED) is 0.665. The summed E-state index contributed by atoms with van der Waals surface area (Å²) in [5.41, 5.74) is 7.26. The number of hydrogen-bond acceptors (Lipinski definition) is 2. The van der Waals surface area contributed by atoms with E-state index in [2.05, 4.69) is 6.92 Å². The summed E-state index contributed by atoms with van der Waals surface area (Å²) < 4.78 is 5.02. The van der Waals surface area contributed by atoms with Crippen LogP contribution in [0.2, 0.25) is 0 Å². The van der Waals surface area contributed by atoms with Crippen LogP contribution in [0.3, 0.4) is 0 Å². The van der Waals surface area contributed by atoms with Crippen molar-refractivity contribution in [3.8, 4) is 0 Å². The van der Waals surface area contributed by atoms with Gasteiger partial charge in [0.15, 0.2) is 0 Å². The summed E-state index contributed by atoms with van der Waals surface area (Å²) in [6.45, 7) is 2.24. The molecule has 1 heterocycles. The molecule has 0 amide bonds. The fraction of sp³-hybridized carbons (Fsp3) is 0.692. The molecule has 86 valence electrons. The number of hydrogen-bond donors (Lipinski definition) is 1. The van der Waals surface area contributed by atoms with Crippen molar-refractivity contribution in [3.63, 3.8) is 0 Å². The van der Waals surface area contributed by atoms with Crippen molar-refractivity contribution < 1.29 is 4.42 Å². The maximum absolute atomic E-state index is 6.04. The lowest BCUT2D eigenvalue weighted by Crippen LogP contribution is -2.22. The summed E-state index contributed by atoms with van der Waals surface area (Å²) in [6.07, 6.45) is 12.2. The van der Waals surface area contributed by atoms with Crippen LogP contribution < -0.4 is 5.73 Å². The highest BCUT2D eigenvalue weighted by atomic mass is 16.3. The second-order valence-electron chi connectivity index (χ2n) is 4.30. The van der Waals surface area contributed by atoms with E-state index in [-0.39, 0.29) is 0 Å². The predicted octanol–water partition coefficient (Wildman–Crippen LogP) is 3.51. The molecular weight excluding hydrogens is 186 g/mol. The van der Waals surface area contributed by atoms with Gasteiger partial charge in [-0.25, -0.2) is 0 Å². The molecule has 1 aromatic heterocycles. The first-order valence-corrected chi connectivity index (χ1v) is 6.09. The normalized spacial score (nSPS) is 12.9. The zero-order chi connectivity index (χ0) is 10.9. The summed E-state index contributed by atoms with van der Waals surface area (Å²) >= 11 is 0. The van der Waals surface area contributed by atoms with Crippen LogP contribution in [0.4, 0.5) is 0 Å². The van der Waals surface area contributed by atoms with E-state index in [0.717, 1.165) is 12.8 Å². The first kappa shape index (κ1) is 12.3. The van der Waals surface area contributed by atoms with Crippen LogP contribution in [-0.4, -0.2) is 6.04 Å². The Kier molecular flexibility index (Phi) is 6.17. The summed E-state index contributed by atoms with van der Waals surface area (Å²) in [4.78, 5) is 0. The molecule has 0 fully saturated rings. The molecule has 1 aromatic rings. The third-order valence-electron chi connectivity index (χ3n) is 2.76. The molecular formula is C13H23NO. The van der Waals surface area contributed by atoms with Gasteiger partial charge in [0.25, 0.3) is 0 Å². The number of unbranched alkanes of at least 4 members (excludes halogenated alkanes) is 4. The van der Waals surface area contributed by atoms with Crippen LogP contribution in [0.5, 0.6) is 0 Å². The lowest BCUT2D eigenvalue weighted by molar-refractivity contribution is 0.530. The van der Waals surface area contributed by atoms with E-state index >= 15 is 0 Å². The standard InChI is InChI=1S/C13H23NO/c1-2-3-4-5-6-7-13(14)10-12-8-9-15-11-12/h8-9,11,13H,2-7,10,14H2,1H3. The van der Waals surface area contributed by atoms with Gasteiger partial charge in [-0.1, -0.05) is 39.0 Å². The van der Waals surface area contributed by atoms with Gasteiger partial charge in [-0.2, -0.15) is 0 Å². The van der Waals surface area contributed by atoms with Gasteiger partial charge >= 0.3 is 0 Å². The zero-order valence-corrected chi connectivity index (χ0v) is 9.74. The van der Waals surface area contributed by atoms with Gasteiger partial charge in [-0.3, -0.25) is 0 Å². The highest BCUT2D eigenvalue weighted by molar-refractivity contribution is 5.06. The maximum Gasteiger partial charge on any atom is 0.0935 e. The Hall–Kier alpha value is -0.760. The molecule has 0 bridgehead atoms. The second kappa shape index (κ2) is 7.52. The van der Waals surface area contributed by atoms with Crippen molar-refractivity contribution in [1.82, 2.24) is 0 Å². The summed E-state index contributed by atoms with van der Waals surface area (Å²) in [5, 5.41) is 0. The second-order valence-corrected chi connectivity index (χ2v) is 4.30. The molecule has 2 nitrogen and oxygen atoms in total. The van der Waals surface area contributed by atoms with Crippen LogP contribution in [0, 0.1) is 0 Å². The Morgan fingerprint density at radius 1 is 1.27 bits per heavy atom. The van der Waals surface area contributed by atoms with Gasteiger partial charge < -0.3 is 10.2 Å². The molecule has 15 heavy (non-hydrogen) atoms. The van der Waals surface area contributed by atoms with Gasteiger partial charge in [0.2, 0.25) is 0 Å². The average molecular weight is 209 g/mol. The number of nitrogens with two attached hydrogens (primary N) is 1. The first-order chi connectivity index (χ1) is 7.33. The van der Waals surface area contributed by atoms with Gasteiger partial charge in [0.05, 0.1) is 12.5 Å². The Balaban J connectivity index is 2.01. The third-order valence-corrected chi connectivity index (χ3v) is 2.76. The molecule has 0 aliphatic carbocycles. The van der Waals surface area contributed by atoms with E-state index in [4.69, 9.17) is 10.2 Å². The highest BCUT2D eigenvalue weighted by Crippen LogP contribution is 2.10. The molecule has 0 aromatic carbocycles. The van der Waals surface area contributed by atoms with Crippen LogP contribution in [0.25, 0.3) is 0 Å². The Morgan fingerprint density at radius 2 is 2.07 bits per heavy atom. The zero-order valence-electron chi connectivity index (χ0n) is 9.74. The van der Waals surface area contributed by atoms with Crippen molar-refractivity contribution in [1.29, 1.82) is 0 Å². The minimum Gasteiger partial charge on any atom is -0.472 e. The van der Waals surface area contributed by atoms with Crippen LogP contribution in [0.1, 0.15) is 51.0 Å². The fourth-order valence-electron chi connectivity index (χ4n) is 1.82. The Morgan fingerprint density at radius 3 is 2.73 bits per heavy atom. The van der Waals surface area contributed by atoms with Crippen molar-refractivity contribution >= 4 is 0 Å². The number of rotatable bonds is 8. The van der Waals surface area contributed by atoms with E-state index in [1.807, 2.05) is 6.07 Å². The Labute approximate surface area is 92.9 Å². The van der Waals surface area contributed by atoms with Gasteiger partial charge in [0.1, 0.15) is 0 Å². The van der Waals surface area contributed by atoms with Crippen LogP contribution in [0.15, 0.2) is 23.0 Å². The molecule has 0 saturated heterocycles. The number of furan rings is 1. The van der Waals surface area contributed by atoms with Crippen molar-refractivity contribution in [2.24, 2.45) is 5.73 Å². The van der Waals surface area contributed by atoms with E-state index in [0.29, 0.717) is 6.04 Å². The minimum absolute atomic E-state index is 0.296. The van der Waals surface area contributed by atoms with Gasteiger partial charge in [-0.15, -0.1) is 0 Å². The molecule has 0 spiro atoms. The van der Waals surface area contributed by atoms with E-state index in [1.54, 1.807) is 12.5 Å². The minimum atomic E-state index is 0.296. The molecule has 1 atom stereocenters.